The molecule has 1 fully saturated rings. The first-order valence-corrected chi connectivity index (χ1v) is 8.31. The summed E-state index contributed by atoms with van der Waals surface area (Å²) in [5.74, 6) is 0.846. The molecule has 6 nitrogen and oxygen atoms in total. The Balaban J connectivity index is 1.52. The lowest BCUT2D eigenvalue weighted by Crippen LogP contribution is -2.44. The van der Waals surface area contributed by atoms with Gasteiger partial charge in [0, 0.05) is 26.2 Å². The number of benzene rings is 1. The van der Waals surface area contributed by atoms with Gasteiger partial charge in [-0.05, 0) is 24.1 Å². The summed E-state index contributed by atoms with van der Waals surface area (Å²) in [7, 11) is 0. The normalized spacial score (nSPS) is 15.2. The quantitative estimate of drug-likeness (QED) is 0.708. The second-order valence-corrected chi connectivity index (χ2v) is 5.49. The molecule has 1 aliphatic rings. The van der Waals surface area contributed by atoms with E-state index in [4.69, 9.17) is 9.47 Å². The van der Waals surface area contributed by atoms with Crippen molar-refractivity contribution in [3.8, 4) is 5.75 Å². The molecule has 0 radical (unpaired) electrons. The molecule has 2 amide bonds. The summed E-state index contributed by atoms with van der Waals surface area (Å²) in [4.78, 5) is 14.0. The maximum atomic E-state index is 11.7. The number of hydrogen-bond acceptors (Lipinski definition) is 4. The smallest absolute Gasteiger partial charge is 0.314 e. The zero-order chi connectivity index (χ0) is 16.3. The standard InChI is InChI=1S/C17H27N3O3/c1-2-15-4-3-5-16(14-15)23-11-7-19-17(21)18-6-8-20-9-12-22-13-10-20/h3-5,14H,2,6-13H2,1H3,(H2,18,19,21). The lowest BCUT2D eigenvalue weighted by molar-refractivity contribution is 0.0387. The van der Waals surface area contributed by atoms with Gasteiger partial charge in [0.05, 0.1) is 19.8 Å². The van der Waals surface area contributed by atoms with Crippen molar-refractivity contribution in [2.24, 2.45) is 0 Å². The summed E-state index contributed by atoms with van der Waals surface area (Å²) in [5.41, 5.74) is 1.25. The maximum Gasteiger partial charge on any atom is 0.314 e. The van der Waals surface area contributed by atoms with Gasteiger partial charge in [-0.1, -0.05) is 19.1 Å². The van der Waals surface area contributed by atoms with Gasteiger partial charge < -0.3 is 20.1 Å². The summed E-state index contributed by atoms with van der Waals surface area (Å²) in [5, 5.41) is 5.66. The van der Waals surface area contributed by atoms with Crippen LogP contribution < -0.4 is 15.4 Å². The Labute approximate surface area is 138 Å². The third-order valence-electron chi connectivity index (χ3n) is 3.78. The molecule has 1 saturated heterocycles. The molecule has 128 valence electrons. The fourth-order valence-electron chi connectivity index (χ4n) is 2.40. The second kappa shape index (κ2) is 10.1. The highest BCUT2D eigenvalue weighted by molar-refractivity contribution is 5.73. The molecule has 0 aliphatic carbocycles. The Morgan fingerprint density at radius 1 is 1.26 bits per heavy atom. The van der Waals surface area contributed by atoms with Gasteiger partial charge in [-0.15, -0.1) is 0 Å². The van der Waals surface area contributed by atoms with Crippen molar-refractivity contribution in [2.45, 2.75) is 13.3 Å². The fraction of sp³-hybridized carbons (Fsp3) is 0.588. The fourth-order valence-corrected chi connectivity index (χ4v) is 2.40. The number of nitrogens with zero attached hydrogens (tertiary/aromatic N) is 1. The Morgan fingerprint density at radius 3 is 2.83 bits per heavy atom. The summed E-state index contributed by atoms with van der Waals surface area (Å²) in [6.07, 6.45) is 0.987. The minimum atomic E-state index is -0.149. The molecule has 1 aromatic rings. The minimum absolute atomic E-state index is 0.149. The Morgan fingerprint density at radius 2 is 2.04 bits per heavy atom. The molecule has 0 atom stereocenters. The predicted molar refractivity (Wildman–Crippen MR) is 90.0 cm³/mol. The van der Waals surface area contributed by atoms with E-state index in [-0.39, 0.29) is 6.03 Å². The monoisotopic (exact) mass is 321 g/mol. The molecule has 2 rings (SSSR count). The molecule has 1 aromatic carbocycles. The average molecular weight is 321 g/mol. The molecule has 0 spiro atoms. The van der Waals surface area contributed by atoms with Crippen molar-refractivity contribution < 1.29 is 14.3 Å². The predicted octanol–water partition coefficient (Wildman–Crippen LogP) is 1.26. The molecule has 0 saturated carbocycles. The van der Waals surface area contributed by atoms with Crippen molar-refractivity contribution in [1.29, 1.82) is 0 Å². The topological polar surface area (TPSA) is 62.8 Å². The van der Waals surface area contributed by atoms with Gasteiger partial charge in [-0.3, -0.25) is 4.90 Å². The molecule has 0 aromatic heterocycles. The number of aryl methyl sites for hydroxylation is 1. The van der Waals surface area contributed by atoms with Crippen molar-refractivity contribution in [3.05, 3.63) is 29.8 Å². The van der Waals surface area contributed by atoms with Gasteiger partial charge in [-0.25, -0.2) is 4.79 Å². The molecule has 23 heavy (non-hydrogen) atoms. The zero-order valence-electron chi connectivity index (χ0n) is 13.8. The van der Waals surface area contributed by atoms with Crippen LogP contribution in [0.15, 0.2) is 24.3 Å². The lowest BCUT2D eigenvalue weighted by atomic mass is 10.2. The summed E-state index contributed by atoms with van der Waals surface area (Å²) < 4.78 is 10.9. The first kappa shape index (κ1) is 17.6. The molecule has 6 heteroatoms. The summed E-state index contributed by atoms with van der Waals surface area (Å²) in [6.45, 7) is 8.00. The molecule has 1 aliphatic heterocycles. The van der Waals surface area contributed by atoms with Crippen LogP contribution in [0.25, 0.3) is 0 Å². The second-order valence-electron chi connectivity index (χ2n) is 5.49. The Kier molecular flexibility index (Phi) is 7.69. The van der Waals surface area contributed by atoms with E-state index < -0.39 is 0 Å². The Bertz CT molecular complexity index is 476. The van der Waals surface area contributed by atoms with Gasteiger partial charge in [-0.2, -0.15) is 0 Å². The molecule has 0 unspecified atom stereocenters. The highest BCUT2D eigenvalue weighted by atomic mass is 16.5. The van der Waals surface area contributed by atoms with E-state index in [1.165, 1.54) is 5.56 Å². The van der Waals surface area contributed by atoms with E-state index in [1.807, 2.05) is 18.2 Å². The van der Waals surface area contributed by atoms with Crippen molar-refractivity contribution in [3.63, 3.8) is 0 Å². The van der Waals surface area contributed by atoms with E-state index in [0.29, 0.717) is 19.7 Å². The first-order chi connectivity index (χ1) is 11.3. The zero-order valence-corrected chi connectivity index (χ0v) is 13.8. The van der Waals surface area contributed by atoms with Crippen molar-refractivity contribution in [2.75, 3.05) is 52.5 Å². The molecular weight excluding hydrogens is 294 g/mol. The number of nitrogens with one attached hydrogen (secondary N) is 2. The molecular formula is C17H27N3O3. The van der Waals surface area contributed by atoms with Gasteiger partial charge in [0.25, 0.3) is 0 Å². The number of urea groups is 1. The van der Waals surface area contributed by atoms with Crippen LogP contribution in [0.4, 0.5) is 4.79 Å². The minimum Gasteiger partial charge on any atom is -0.492 e. The number of hydrogen-bond donors (Lipinski definition) is 2. The largest absolute Gasteiger partial charge is 0.492 e. The number of amides is 2. The number of rotatable bonds is 8. The van der Waals surface area contributed by atoms with E-state index in [9.17, 15) is 4.79 Å². The van der Waals surface area contributed by atoms with Gasteiger partial charge in [0.1, 0.15) is 12.4 Å². The number of carbonyl (C=O) groups is 1. The number of ether oxygens (including phenoxy) is 2. The van der Waals surface area contributed by atoms with Crippen LogP contribution >= 0.6 is 0 Å². The molecule has 2 N–H and O–H groups in total. The average Bonchev–Trinajstić information content (AvgIpc) is 2.60. The van der Waals surface area contributed by atoms with Crippen LogP contribution in [0.1, 0.15) is 12.5 Å². The van der Waals surface area contributed by atoms with Crippen LogP contribution in [0.2, 0.25) is 0 Å². The third kappa shape index (κ3) is 6.88. The molecule has 0 bridgehead atoms. The highest BCUT2D eigenvalue weighted by Gasteiger charge is 2.09. The van der Waals surface area contributed by atoms with E-state index in [0.717, 1.165) is 45.0 Å². The van der Waals surface area contributed by atoms with Crippen molar-refractivity contribution >= 4 is 6.03 Å². The van der Waals surface area contributed by atoms with Crippen molar-refractivity contribution in [1.82, 2.24) is 15.5 Å². The van der Waals surface area contributed by atoms with Gasteiger partial charge in [0.2, 0.25) is 0 Å². The summed E-state index contributed by atoms with van der Waals surface area (Å²) in [6, 6.07) is 7.88. The lowest BCUT2D eigenvalue weighted by Gasteiger charge is -2.26. The number of morpholine rings is 1. The van der Waals surface area contributed by atoms with Crippen LogP contribution in [-0.2, 0) is 11.2 Å². The van der Waals surface area contributed by atoms with Crippen LogP contribution in [0.5, 0.6) is 5.75 Å². The van der Waals surface area contributed by atoms with Crippen LogP contribution in [0.3, 0.4) is 0 Å². The first-order valence-electron chi connectivity index (χ1n) is 8.31. The van der Waals surface area contributed by atoms with E-state index >= 15 is 0 Å². The van der Waals surface area contributed by atoms with E-state index in [1.54, 1.807) is 0 Å². The third-order valence-corrected chi connectivity index (χ3v) is 3.78. The SMILES string of the molecule is CCc1cccc(OCCNC(=O)NCCN2CCOCC2)c1. The summed E-state index contributed by atoms with van der Waals surface area (Å²) >= 11 is 0. The highest BCUT2D eigenvalue weighted by Crippen LogP contribution is 2.13. The van der Waals surface area contributed by atoms with Gasteiger partial charge >= 0.3 is 6.03 Å². The van der Waals surface area contributed by atoms with Crippen LogP contribution in [-0.4, -0.2) is 63.5 Å². The number of carbonyl (C=O) groups excluding carboxylic acids is 1. The van der Waals surface area contributed by atoms with Gasteiger partial charge in [0.15, 0.2) is 0 Å². The Hall–Kier alpha value is -1.79. The van der Waals surface area contributed by atoms with Crippen LogP contribution in [0, 0.1) is 0 Å². The van der Waals surface area contributed by atoms with E-state index in [2.05, 4.69) is 28.5 Å². The maximum absolute atomic E-state index is 11.7. The molecule has 1 heterocycles.